The fourth-order valence-corrected chi connectivity index (χ4v) is 4.09. The second kappa shape index (κ2) is 8.58. The van der Waals surface area contributed by atoms with Crippen LogP contribution in [0.1, 0.15) is 19.5 Å². The van der Waals surface area contributed by atoms with Crippen molar-refractivity contribution in [3.63, 3.8) is 0 Å². The maximum absolute atomic E-state index is 14.7. The number of nitrogens with two attached hydrogens (primary N) is 1. The van der Waals surface area contributed by atoms with Crippen LogP contribution in [0.4, 0.5) is 10.1 Å². The number of aryl methyl sites for hydroxylation is 1. The Morgan fingerprint density at radius 2 is 2.03 bits per heavy atom. The molecule has 4 rings (SSSR count). The summed E-state index contributed by atoms with van der Waals surface area (Å²) in [6.07, 6.45) is 4.97. The summed E-state index contributed by atoms with van der Waals surface area (Å²) < 4.78 is 16.4. The van der Waals surface area contributed by atoms with Gasteiger partial charge in [-0.05, 0) is 38.1 Å². The minimum Gasteiger partial charge on any atom is -0.382 e. The molecule has 1 aromatic carbocycles. The van der Waals surface area contributed by atoms with E-state index in [0.29, 0.717) is 41.2 Å². The summed E-state index contributed by atoms with van der Waals surface area (Å²) in [5, 5.41) is 11.4. The molecule has 0 aliphatic carbocycles. The first-order valence-corrected chi connectivity index (χ1v) is 10.5. The number of piperazine rings is 1. The number of amidine groups is 1. The molecule has 0 spiro atoms. The van der Waals surface area contributed by atoms with E-state index in [2.05, 4.69) is 15.1 Å². The number of nitrogens with zero attached hydrogens (tertiary/aromatic N) is 5. The van der Waals surface area contributed by atoms with Crippen LogP contribution in [0, 0.1) is 11.2 Å². The number of amides is 2. The summed E-state index contributed by atoms with van der Waals surface area (Å²) in [6, 6.07) is 6.16. The van der Waals surface area contributed by atoms with E-state index in [-0.39, 0.29) is 18.3 Å². The largest absolute Gasteiger partial charge is 0.382 e. The fraction of sp³-hybridized carbons (Fsp3) is 0.261. The molecule has 1 aliphatic heterocycles. The van der Waals surface area contributed by atoms with Crippen molar-refractivity contribution in [1.29, 1.82) is 5.41 Å². The molecule has 2 aromatic heterocycles. The number of anilines is 1. The van der Waals surface area contributed by atoms with Crippen molar-refractivity contribution in [2.24, 2.45) is 17.8 Å². The highest BCUT2D eigenvalue weighted by Crippen LogP contribution is 2.33. The molecule has 1 aliphatic rings. The van der Waals surface area contributed by atoms with Crippen LogP contribution in [0.2, 0.25) is 0 Å². The van der Waals surface area contributed by atoms with Gasteiger partial charge >= 0.3 is 0 Å². The Hall–Kier alpha value is -4.28. The van der Waals surface area contributed by atoms with Crippen LogP contribution in [0.3, 0.4) is 0 Å². The highest BCUT2D eigenvalue weighted by molar-refractivity contribution is 6.06. The van der Waals surface area contributed by atoms with Crippen LogP contribution in [-0.4, -0.2) is 62.8 Å². The third-order valence-electron chi connectivity index (χ3n) is 5.98. The smallest absolute Gasteiger partial charge is 0.252 e. The molecule has 10 nitrogen and oxygen atoms in total. The molecule has 0 unspecified atom stereocenters. The number of aromatic nitrogens is 3. The lowest BCUT2D eigenvalue weighted by Gasteiger charge is -2.44. The van der Waals surface area contributed by atoms with E-state index in [0.717, 1.165) is 11.9 Å². The lowest BCUT2D eigenvalue weighted by atomic mass is 9.97. The summed E-state index contributed by atoms with van der Waals surface area (Å²) in [5.74, 6) is -0.720. The number of hydrogen-bond acceptors (Lipinski definition) is 4. The summed E-state index contributed by atoms with van der Waals surface area (Å²) in [6.45, 7) is 3.92. The number of aromatic amines is 1. The first-order valence-electron chi connectivity index (χ1n) is 10.5. The highest BCUT2D eigenvalue weighted by Gasteiger charge is 2.42. The van der Waals surface area contributed by atoms with E-state index in [1.165, 1.54) is 21.9 Å². The molecule has 4 N–H and O–H groups in total. The predicted octanol–water partition coefficient (Wildman–Crippen LogP) is 2.12. The van der Waals surface area contributed by atoms with E-state index >= 15 is 0 Å². The Morgan fingerprint density at radius 3 is 2.68 bits per heavy atom. The molecule has 1 fully saturated rings. The highest BCUT2D eigenvalue weighted by atomic mass is 19.1. The first kappa shape index (κ1) is 22.9. The molecule has 1 saturated heterocycles. The normalized spacial score (nSPS) is 16.1. The van der Waals surface area contributed by atoms with Gasteiger partial charge in [-0.1, -0.05) is 0 Å². The maximum Gasteiger partial charge on any atom is 0.252 e. The van der Waals surface area contributed by atoms with Gasteiger partial charge in [-0.3, -0.25) is 19.7 Å². The zero-order valence-electron chi connectivity index (χ0n) is 19.0. The van der Waals surface area contributed by atoms with E-state index < -0.39 is 11.4 Å². The van der Waals surface area contributed by atoms with Crippen LogP contribution >= 0.6 is 0 Å². The predicted molar refractivity (Wildman–Crippen MR) is 127 cm³/mol. The van der Waals surface area contributed by atoms with Crippen molar-refractivity contribution in [1.82, 2.24) is 19.7 Å². The summed E-state index contributed by atoms with van der Waals surface area (Å²) in [4.78, 5) is 34.4. The Kier molecular flexibility index (Phi) is 5.78. The third kappa shape index (κ3) is 3.96. The Morgan fingerprint density at radius 1 is 1.26 bits per heavy atom. The quantitative estimate of drug-likeness (QED) is 0.292. The summed E-state index contributed by atoms with van der Waals surface area (Å²) in [7, 11) is 1.79. The van der Waals surface area contributed by atoms with Gasteiger partial charge < -0.3 is 20.5 Å². The Labute approximate surface area is 195 Å². The summed E-state index contributed by atoms with van der Waals surface area (Å²) in [5.41, 5.74) is 8.39. The fourth-order valence-electron chi connectivity index (χ4n) is 4.09. The topological polar surface area (TPSA) is 136 Å². The van der Waals surface area contributed by atoms with Crippen LogP contribution in [-0.2, 0) is 16.6 Å². The minimum absolute atomic E-state index is 0.0960. The van der Waals surface area contributed by atoms with Gasteiger partial charge in [0.05, 0.1) is 11.9 Å². The Balaban J connectivity index is 1.79. The molecule has 176 valence electrons. The van der Waals surface area contributed by atoms with Crippen LogP contribution in [0.25, 0.3) is 22.4 Å². The van der Waals surface area contributed by atoms with E-state index in [1.54, 1.807) is 50.1 Å². The molecule has 34 heavy (non-hydrogen) atoms. The number of H-pyrrole nitrogens is 1. The SMILES string of the molecule is Cn1cc(-c2cc(-c3cc(F)cc(N4CCN(C=O)C(C)(C)C4=O)c3)[nH]c2C(N)=NC=N)cn1. The van der Waals surface area contributed by atoms with Gasteiger partial charge in [-0.25, -0.2) is 9.38 Å². The average Bonchev–Trinajstić information content (AvgIpc) is 3.42. The van der Waals surface area contributed by atoms with Crippen molar-refractivity contribution < 1.29 is 14.0 Å². The van der Waals surface area contributed by atoms with Gasteiger partial charge in [0, 0.05) is 54.4 Å². The van der Waals surface area contributed by atoms with Crippen molar-refractivity contribution >= 4 is 30.2 Å². The second-order valence-electron chi connectivity index (χ2n) is 8.53. The number of carbonyl (C=O) groups excluding carboxylic acids is 2. The monoisotopic (exact) mass is 464 g/mol. The molecular weight excluding hydrogens is 439 g/mol. The van der Waals surface area contributed by atoms with Crippen molar-refractivity contribution in [2.75, 3.05) is 18.0 Å². The molecule has 0 saturated carbocycles. The lowest BCUT2D eigenvalue weighted by Crippen LogP contribution is -2.62. The van der Waals surface area contributed by atoms with Gasteiger partial charge in [-0.15, -0.1) is 0 Å². The van der Waals surface area contributed by atoms with Gasteiger partial charge in [0.1, 0.15) is 23.5 Å². The van der Waals surface area contributed by atoms with Gasteiger partial charge in [0.25, 0.3) is 5.91 Å². The minimum atomic E-state index is -1.04. The van der Waals surface area contributed by atoms with Gasteiger partial charge in [0.2, 0.25) is 6.41 Å². The molecule has 0 bridgehead atoms. The number of benzene rings is 1. The van der Waals surface area contributed by atoms with Crippen LogP contribution in [0.5, 0.6) is 0 Å². The number of carbonyl (C=O) groups is 2. The molecular formula is C23H25FN8O2. The molecule has 3 aromatic rings. The maximum atomic E-state index is 14.7. The zero-order chi connectivity index (χ0) is 24.6. The number of hydrogen-bond donors (Lipinski definition) is 3. The third-order valence-corrected chi connectivity index (χ3v) is 5.98. The zero-order valence-corrected chi connectivity index (χ0v) is 19.0. The molecule has 0 radical (unpaired) electrons. The van der Waals surface area contributed by atoms with Crippen molar-refractivity contribution in [2.45, 2.75) is 19.4 Å². The van der Waals surface area contributed by atoms with Gasteiger partial charge in [-0.2, -0.15) is 5.10 Å². The van der Waals surface area contributed by atoms with Crippen LogP contribution in [0.15, 0.2) is 41.7 Å². The van der Waals surface area contributed by atoms with E-state index in [4.69, 9.17) is 11.1 Å². The number of nitrogens with one attached hydrogen (secondary N) is 2. The Bertz CT molecular complexity index is 1310. The number of halogens is 1. The van der Waals surface area contributed by atoms with Crippen molar-refractivity contribution in [3.05, 3.63) is 48.2 Å². The van der Waals surface area contributed by atoms with Gasteiger partial charge in [0.15, 0.2) is 0 Å². The first-order chi connectivity index (χ1) is 16.1. The molecule has 11 heteroatoms. The van der Waals surface area contributed by atoms with Crippen molar-refractivity contribution in [3.8, 4) is 22.4 Å². The number of rotatable bonds is 6. The second-order valence-corrected chi connectivity index (χ2v) is 8.53. The summed E-state index contributed by atoms with van der Waals surface area (Å²) >= 11 is 0. The van der Waals surface area contributed by atoms with Crippen LogP contribution < -0.4 is 10.6 Å². The molecule has 2 amide bonds. The number of aliphatic imine (C=N–C) groups is 1. The lowest BCUT2D eigenvalue weighted by molar-refractivity contribution is -0.139. The molecule has 0 atom stereocenters. The average molecular weight is 465 g/mol. The van der Waals surface area contributed by atoms with E-state index in [1.807, 2.05) is 0 Å². The molecule has 3 heterocycles. The van der Waals surface area contributed by atoms with E-state index in [9.17, 15) is 14.0 Å². The standard InChI is InChI=1S/C23H25FN8O2/c1-23(2)22(34)32(5-4-31(23)13-33)17-7-14(6-16(24)8-17)19-9-18(15-10-28-30(3)11-15)20(29-19)21(26)27-12-25/h6-13,29H,4-5H2,1-3H3,(H3,25,26,27).